The van der Waals surface area contributed by atoms with Crippen LogP contribution in [0.5, 0.6) is 0 Å². The molecule has 2 fully saturated rings. The van der Waals surface area contributed by atoms with Gasteiger partial charge in [0.1, 0.15) is 0 Å². The quantitative estimate of drug-likeness (QED) is 0.428. The molecule has 0 aromatic rings. The van der Waals surface area contributed by atoms with Crippen LogP contribution in [-0.2, 0) is 24.0 Å². The molecule has 9 heteroatoms. The molecule has 28 heavy (non-hydrogen) atoms. The predicted molar refractivity (Wildman–Crippen MR) is 101 cm³/mol. The van der Waals surface area contributed by atoms with Gasteiger partial charge in [-0.1, -0.05) is 6.58 Å². The monoisotopic (exact) mass is 403 g/mol. The highest BCUT2D eigenvalue weighted by atomic mass is 16.7. The van der Waals surface area contributed by atoms with Crippen molar-refractivity contribution in [1.82, 2.24) is 20.6 Å². The second-order valence-corrected chi connectivity index (χ2v) is 7.35. The van der Waals surface area contributed by atoms with Crippen LogP contribution in [0, 0.1) is 0 Å². The first kappa shape index (κ1) is 21.9. The number of likely N-dealkylation sites (tertiary alicyclic amines) is 1. The molecule has 2 aliphatic heterocycles. The van der Waals surface area contributed by atoms with E-state index >= 15 is 0 Å². The second kappa shape index (κ2) is 10.2. The normalized spacial score (nSPS) is 20.0. The van der Waals surface area contributed by atoms with Crippen LogP contribution >= 0.6 is 0 Å². The zero-order valence-electron chi connectivity index (χ0n) is 16.7. The van der Waals surface area contributed by atoms with Crippen molar-refractivity contribution in [1.29, 1.82) is 0 Å². The van der Waals surface area contributed by atoms with E-state index in [2.05, 4.69) is 36.0 Å². The van der Waals surface area contributed by atoms with Crippen LogP contribution in [0.15, 0.2) is 12.3 Å². The van der Waals surface area contributed by atoms with Crippen LogP contribution < -0.4 is 10.6 Å². The number of nitrogens with one attached hydrogen (secondary N) is 2. The summed E-state index contributed by atoms with van der Waals surface area (Å²) in [5.41, 5.74) is 0.455. The zero-order chi connectivity index (χ0) is 20.7. The lowest BCUT2D eigenvalue weighted by Crippen LogP contribution is -2.46. The van der Waals surface area contributed by atoms with Crippen LogP contribution in [0.25, 0.3) is 0 Å². The molecule has 2 heterocycles. The Bertz CT molecular complexity index is 618. The summed E-state index contributed by atoms with van der Waals surface area (Å²) >= 11 is 0. The smallest absolute Gasteiger partial charge is 0.334 e. The molecule has 1 unspecified atom stereocenters. The SMILES string of the molecule is C=C1CCC(=O)N1OC(=O)CCNC(=O)CC[15NH]C(=O)[13CH]1[13CH2][13CH2][13CH2][15N]1[13CH]([13CH3])[13CH3]. The van der Waals surface area contributed by atoms with Crippen molar-refractivity contribution < 1.29 is 24.0 Å². The summed E-state index contributed by atoms with van der Waals surface area (Å²) in [6.45, 7) is 9.07. The predicted octanol–water partition coefficient (Wildman–Crippen LogP) is 0.466. The number of allylic oxidation sites excluding steroid dienone is 1. The van der Waals surface area contributed by atoms with E-state index in [1.165, 1.54) is 0 Å². The van der Waals surface area contributed by atoms with Crippen molar-refractivity contribution in [3.63, 3.8) is 0 Å². The molecule has 0 spiro atoms. The molecular formula is C19H30N4O5. The van der Waals surface area contributed by atoms with Gasteiger partial charge in [-0.25, -0.2) is 4.79 Å². The van der Waals surface area contributed by atoms with Gasteiger partial charge in [0.15, 0.2) is 0 Å². The van der Waals surface area contributed by atoms with Crippen molar-refractivity contribution in [3.05, 3.63) is 12.3 Å². The second-order valence-electron chi connectivity index (χ2n) is 7.35. The van der Waals surface area contributed by atoms with Gasteiger partial charge in [0.2, 0.25) is 11.8 Å². The lowest BCUT2D eigenvalue weighted by atomic mass is 10.3. The molecule has 2 N–H and O–H groups in total. The van der Waals surface area contributed by atoms with E-state index in [9.17, 15) is 19.2 Å². The Morgan fingerprint density at radius 1 is 1.18 bits per heavy atom. The highest BCUT2D eigenvalue weighted by Gasteiger charge is 2.32. The van der Waals surface area contributed by atoms with Crippen LogP contribution in [0.2, 0.25) is 0 Å². The molecule has 1 atom stereocenters. The zero-order valence-corrected chi connectivity index (χ0v) is 16.7. The lowest BCUT2D eigenvalue weighted by molar-refractivity contribution is -0.186. The lowest BCUT2D eigenvalue weighted by Gasteiger charge is -2.27. The molecule has 0 aromatic heterocycles. The minimum absolute atomic E-state index is 0.0434. The Hall–Kier alpha value is -2.42. The highest BCUT2D eigenvalue weighted by Crippen LogP contribution is 2.21. The fourth-order valence-electron chi connectivity index (χ4n) is 3.39. The first-order valence-corrected chi connectivity index (χ1v) is 9.81. The third kappa shape index (κ3) is 6.05. The fourth-order valence-corrected chi connectivity index (χ4v) is 3.39. The van der Waals surface area contributed by atoms with E-state index in [1.807, 2.05) is 0 Å². The summed E-state index contributed by atoms with van der Waals surface area (Å²) in [4.78, 5) is 54.5. The third-order valence-corrected chi connectivity index (χ3v) is 4.90. The fraction of sp³-hybridized carbons (Fsp3) is 0.684. The van der Waals surface area contributed by atoms with E-state index in [0.29, 0.717) is 18.2 Å². The molecule has 0 aliphatic carbocycles. The number of hydrogen-bond donors (Lipinski definition) is 2. The molecule has 2 saturated heterocycles. The molecule has 3 amide bonds. The van der Waals surface area contributed by atoms with Crippen molar-refractivity contribution in [2.45, 2.75) is 64.5 Å². The standard InChI is InChI=1S/C19H30N4O5/c1-13(2)22-12-4-5-15(22)19(27)21-10-8-16(24)20-11-9-18(26)28-23-14(3)6-7-17(23)25/h13,15H,3-12H2,1-2H3,(H,20,24)(H,21,27)/i1+1,2+1,4+1,5+1,12+1,13+1,15+1,21+1,22+1. The van der Waals surface area contributed by atoms with E-state index in [4.69, 9.17) is 4.84 Å². The number of carbonyl (C=O) groups excluding carboxylic acids is 4. The largest absolute Gasteiger partial charge is 0.355 e. The summed E-state index contributed by atoms with van der Waals surface area (Å²) in [7, 11) is 0. The molecule has 2 rings (SSSR count). The Balaban J connectivity index is 1.58. The average molecular weight is 403 g/mol. The van der Waals surface area contributed by atoms with E-state index < -0.39 is 5.97 Å². The highest BCUT2D eigenvalue weighted by molar-refractivity contribution is 5.83. The maximum atomic E-state index is 12.3. The molecule has 9 nitrogen and oxygen atoms in total. The van der Waals surface area contributed by atoms with Gasteiger partial charge < -0.3 is 15.5 Å². The maximum absolute atomic E-state index is 12.3. The van der Waals surface area contributed by atoms with Gasteiger partial charge in [-0.15, -0.1) is 5.06 Å². The van der Waals surface area contributed by atoms with Gasteiger partial charge >= 0.3 is 5.97 Å². The number of carbonyl (C=O) groups is 4. The molecule has 0 saturated carbocycles. The summed E-state index contributed by atoms with van der Waals surface area (Å²) in [6, 6.07) is 0.190. The third-order valence-electron chi connectivity index (χ3n) is 4.90. The summed E-state index contributed by atoms with van der Waals surface area (Å²) in [5.74, 6) is -1.21. The summed E-state index contributed by atoms with van der Waals surface area (Å²) in [6.07, 6.45) is 2.68. The van der Waals surface area contributed by atoms with Crippen molar-refractivity contribution in [2.24, 2.45) is 0 Å². The van der Waals surface area contributed by atoms with Crippen molar-refractivity contribution in [3.8, 4) is 0 Å². The van der Waals surface area contributed by atoms with Gasteiger partial charge in [0.05, 0.1) is 18.2 Å². The first-order valence-electron chi connectivity index (χ1n) is 9.81. The van der Waals surface area contributed by atoms with E-state index in [1.54, 1.807) is 0 Å². The summed E-state index contributed by atoms with van der Waals surface area (Å²) < 4.78 is 0. The number of rotatable bonds is 9. The van der Waals surface area contributed by atoms with Gasteiger partial charge in [0, 0.05) is 32.0 Å². The van der Waals surface area contributed by atoms with Crippen molar-refractivity contribution in [2.75, 3.05) is 19.6 Å². The number of amides is 3. The van der Waals surface area contributed by atoms with Crippen LogP contribution in [0.4, 0.5) is 0 Å². The van der Waals surface area contributed by atoms with Crippen LogP contribution in [0.3, 0.4) is 0 Å². The Kier molecular flexibility index (Phi) is 7.98. The average Bonchev–Trinajstić information content (AvgIpc) is 3.24. The van der Waals surface area contributed by atoms with E-state index in [0.717, 1.165) is 24.4 Å². The molecule has 156 valence electrons. The van der Waals surface area contributed by atoms with Crippen LogP contribution in [0.1, 0.15) is 52.4 Å². The van der Waals surface area contributed by atoms with Crippen LogP contribution in [-0.4, -0.2) is 65.4 Å². The Morgan fingerprint density at radius 3 is 2.54 bits per heavy atom. The molecule has 0 radical (unpaired) electrons. The molecule has 0 aromatic carbocycles. The number of hydrogen-bond acceptors (Lipinski definition) is 6. The first-order chi connectivity index (χ1) is 13.3. The maximum Gasteiger partial charge on any atom is 0.334 e. The van der Waals surface area contributed by atoms with Crippen molar-refractivity contribution >= 4 is 23.7 Å². The van der Waals surface area contributed by atoms with Gasteiger partial charge in [-0.05, 0) is 39.7 Å². The van der Waals surface area contributed by atoms with Gasteiger partial charge in [-0.3, -0.25) is 19.3 Å². The number of nitrogens with zero attached hydrogens (tertiary/aromatic N) is 2. The Labute approximate surface area is 165 Å². The minimum Gasteiger partial charge on any atom is -0.355 e. The van der Waals surface area contributed by atoms with Gasteiger partial charge in [-0.2, -0.15) is 0 Å². The topological polar surface area (TPSA) is 108 Å². The summed E-state index contributed by atoms with van der Waals surface area (Å²) in [5, 5.41) is 6.33. The van der Waals surface area contributed by atoms with Gasteiger partial charge in [0.25, 0.3) is 5.91 Å². The minimum atomic E-state index is -0.611. The molecular weight excluding hydrogens is 373 g/mol. The Morgan fingerprint density at radius 2 is 1.89 bits per heavy atom. The molecule has 0 bridgehead atoms. The number of hydroxylamine groups is 2. The van der Waals surface area contributed by atoms with E-state index in [-0.39, 0.29) is 56.1 Å². The molecule has 2 aliphatic rings.